The number of hydrogen-bond acceptors (Lipinski definition) is 1. The molecule has 1 amide bonds. The van der Waals surface area contributed by atoms with Crippen molar-refractivity contribution in [2.24, 2.45) is 0 Å². The van der Waals surface area contributed by atoms with Crippen LogP contribution in [0.25, 0.3) is 10.9 Å². The zero-order chi connectivity index (χ0) is 15.4. The summed E-state index contributed by atoms with van der Waals surface area (Å²) < 4.78 is 1.39. The topological polar surface area (TPSA) is 44.9 Å². The molecule has 0 aliphatic carbocycles. The fraction of sp³-hybridized carbons (Fsp3) is 0.167. The minimum absolute atomic E-state index is 0.0411. The Bertz CT molecular complexity index is 780. The molecule has 0 saturated carbocycles. The van der Waals surface area contributed by atoms with Gasteiger partial charge in [-0.2, -0.15) is 0 Å². The number of aromatic amines is 1. The summed E-state index contributed by atoms with van der Waals surface area (Å²) in [4.78, 5) is 14.8. The van der Waals surface area contributed by atoms with Gasteiger partial charge in [-0.1, -0.05) is 0 Å². The summed E-state index contributed by atoms with van der Waals surface area (Å²) in [6.07, 6.45) is 2.53. The molecule has 0 saturated heterocycles. The SMILES string of the molecule is CNC(=O)Cc1ccc2c([Se]Cc3ccccc3)c[nH]c2c1. The molecule has 1 heterocycles. The van der Waals surface area contributed by atoms with E-state index < -0.39 is 0 Å². The van der Waals surface area contributed by atoms with Crippen molar-refractivity contribution in [3.8, 4) is 0 Å². The molecular formula is C18H18N2OSe. The van der Waals surface area contributed by atoms with Crippen molar-refractivity contribution < 1.29 is 4.79 Å². The van der Waals surface area contributed by atoms with Crippen molar-refractivity contribution >= 4 is 36.2 Å². The average Bonchev–Trinajstić information content (AvgIpc) is 2.96. The standard InChI is InChI=1S/C18H18N2OSe/c1-19-18(21)10-14-7-8-15-16(9-14)20-11-17(15)22-12-13-5-3-2-4-6-13/h2-9,11,20H,10,12H2,1H3,(H,19,21). The summed E-state index contributed by atoms with van der Waals surface area (Å²) in [7, 11) is 1.67. The number of carbonyl (C=O) groups is 1. The van der Waals surface area contributed by atoms with Gasteiger partial charge in [0, 0.05) is 0 Å². The first-order valence-electron chi connectivity index (χ1n) is 7.23. The van der Waals surface area contributed by atoms with Crippen LogP contribution in [0.4, 0.5) is 0 Å². The van der Waals surface area contributed by atoms with E-state index in [0.29, 0.717) is 21.4 Å². The Balaban J connectivity index is 1.76. The predicted molar refractivity (Wildman–Crippen MR) is 91.6 cm³/mol. The van der Waals surface area contributed by atoms with Crippen molar-refractivity contribution in [3.05, 3.63) is 65.9 Å². The molecule has 4 heteroatoms. The molecule has 0 aliphatic rings. The second kappa shape index (κ2) is 6.82. The van der Waals surface area contributed by atoms with Crippen LogP contribution in [0.2, 0.25) is 0 Å². The van der Waals surface area contributed by atoms with E-state index in [1.165, 1.54) is 15.4 Å². The van der Waals surface area contributed by atoms with Gasteiger partial charge >= 0.3 is 136 Å². The van der Waals surface area contributed by atoms with E-state index in [0.717, 1.165) is 16.4 Å². The molecule has 3 rings (SSSR count). The van der Waals surface area contributed by atoms with E-state index in [1.54, 1.807) is 7.05 Å². The molecule has 0 fully saturated rings. The van der Waals surface area contributed by atoms with E-state index in [2.05, 4.69) is 59.0 Å². The quantitative estimate of drug-likeness (QED) is 0.674. The van der Waals surface area contributed by atoms with Gasteiger partial charge in [-0.15, -0.1) is 0 Å². The third-order valence-electron chi connectivity index (χ3n) is 3.59. The van der Waals surface area contributed by atoms with Gasteiger partial charge in [0.2, 0.25) is 0 Å². The maximum absolute atomic E-state index is 11.5. The Morgan fingerprint density at radius 1 is 1.14 bits per heavy atom. The van der Waals surface area contributed by atoms with Gasteiger partial charge in [0.25, 0.3) is 0 Å². The number of aromatic nitrogens is 1. The van der Waals surface area contributed by atoms with Crippen LogP contribution >= 0.6 is 0 Å². The van der Waals surface area contributed by atoms with Gasteiger partial charge in [-0.25, -0.2) is 0 Å². The molecule has 3 nitrogen and oxygen atoms in total. The van der Waals surface area contributed by atoms with E-state index >= 15 is 0 Å². The van der Waals surface area contributed by atoms with Crippen LogP contribution in [0.3, 0.4) is 0 Å². The van der Waals surface area contributed by atoms with Crippen LogP contribution in [0.15, 0.2) is 54.7 Å². The summed E-state index contributed by atoms with van der Waals surface area (Å²) in [5.41, 5.74) is 3.54. The van der Waals surface area contributed by atoms with Crippen LogP contribution in [0.1, 0.15) is 11.1 Å². The first-order valence-corrected chi connectivity index (χ1v) is 9.30. The molecule has 0 radical (unpaired) electrons. The van der Waals surface area contributed by atoms with Gasteiger partial charge in [0.15, 0.2) is 0 Å². The monoisotopic (exact) mass is 358 g/mol. The first kappa shape index (κ1) is 14.9. The minimum atomic E-state index is 0.0411. The molecule has 0 spiro atoms. The van der Waals surface area contributed by atoms with Gasteiger partial charge in [-0.05, 0) is 0 Å². The Labute approximate surface area is 136 Å². The Morgan fingerprint density at radius 2 is 1.95 bits per heavy atom. The molecule has 22 heavy (non-hydrogen) atoms. The van der Waals surface area contributed by atoms with Crippen LogP contribution in [-0.2, 0) is 16.5 Å². The maximum atomic E-state index is 11.5. The third-order valence-corrected chi connectivity index (χ3v) is 5.95. The average molecular weight is 357 g/mol. The predicted octanol–water partition coefficient (Wildman–Crippen LogP) is 1.99. The van der Waals surface area contributed by atoms with Crippen molar-refractivity contribution in [2.45, 2.75) is 11.7 Å². The Kier molecular flexibility index (Phi) is 4.62. The van der Waals surface area contributed by atoms with Crippen LogP contribution in [0, 0.1) is 0 Å². The number of H-pyrrole nitrogens is 1. The molecule has 0 unspecified atom stereocenters. The summed E-state index contributed by atoms with van der Waals surface area (Å²) in [5, 5.41) is 5.03. The third kappa shape index (κ3) is 3.41. The molecule has 0 bridgehead atoms. The van der Waals surface area contributed by atoms with Crippen LogP contribution < -0.4 is 9.78 Å². The number of likely N-dealkylation sites (N-methyl/N-ethyl adjacent to an activating group) is 1. The normalized spacial score (nSPS) is 10.8. The number of rotatable bonds is 5. The van der Waals surface area contributed by atoms with Crippen molar-refractivity contribution in [2.75, 3.05) is 7.05 Å². The molecular weight excluding hydrogens is 339 g/mol. The Hall–Kier alpha value is -2.03. The summed E-state index contributed by atoms with van der Waals surface area (Å²) in [5.74, 6) is 0.0411. The van der Waals surface area contributed by atoms with Gasteiger partial charge < -0.3 is 0 Å². The number of fused-ring (bicyclic) bond motifs is 1. The fourth-order valence-corrected chi connectivity index (χ4v) is 4.46. The number of amides is 1. The second-order valence-corrected chi connectivity index (χ2v) is 7.29. The Morgan fingerprint density at radius 3 is 2.73 bits per heavy atom. The van der Waals surface area contributed by atoms with Crippen molar-refractivity contribution in [1.82, 2.24) is 10.3 Å². The number of hydrogen-bond donors (Lipinski definition) is 2. The molecule has 1 aromatic heterocycles. The van der Waals surface area contributed by atoms with Crippen LogP contribution in [0.5, 0.6) is 0 Å². The van der Waals surface area contributed by atoms with Crippen molar-refractivity contribution in [1.29, 1.82) is 0 Å². The molecule has 0 aliphatic heterocycles. The first-order chi connectivity index (χ1) is 10.8. The number of benzene rings is 2. The van der Waals surface area contributed by atoms with Gasteiger partial charge in [-0.3, -0.25) is 0 Å². The zero-order valence-electron chi connectivity index (χ0n) is 12.4. The zero-order valence-corrected chi connectivity index (χ0v) is 14.1. The van der Waals surface area contributed by atoms with E-state index in [-0.39, 0.29) is 5.91 Å². The fourth-order valence-electron chi connectivity index (χ4n) is 2.39. The van der Waals surface area contributed by atoms with E-state index in [9.17, 15) is 4.79 Å². The summed E-state index contributed by atoms with van der Waals surface area (Å²) >= 11 is 0.405. The van der Waals surface area contributed by atoms with Crippen molar-refractivity contribution in [3.63, 3.8) is 0 Å². The molecule has 3 aromatic rings. The molecule has 112 valence electrons. The molecule has 2 N–H and O–H groups in total. The summed E-state index contributed by atoms with van der Waals surface area (Å²) in [6.45, 7) is 0. The van der Waals surface area contributed by atoms with Gasteiger partial charge in [0.1, 0.15) is 0 Å². The number of carbonyl (C=O) groups excluding carboxylic acids is 1. The molecule has 2 aromatic carbocycles. The van der Waals surface area contributed by atoms with E-state index in [4.69, 9.17) is 0 Å². The summed E-state index contributed by atoms with van der Waals surface area (Å²) in [6, 6.07) is 16.8. The van der Waals surface area contributed by atoms with E-state index in [1.807, 2.05) is 6.07 Å². The van der Waals surface area contributed by atoms with Crippen LogP contribution in [-0.4, -0.2) is 32.9 Å². The van der Waals surface area contributed by atoms with Gasteiger partial charge in [0.05, 0.1) is 0 Å². The molecule has 0 atom stereocenters. The number of nitrogens with one attached hydrogen (secondary N) is 2. The second-order valence-electron chi connectivity index (χ2n) is 5.16.